The number of hydrogen-bond acceptors (Lipinski definition) is 4. The minimum Gasteiger partial charge on any atom is -0.493 e. The van der Waals surface area contributed by atoms with Crippen LogP contribution in [0.15, 0.2) is 46.4 Å². The summed E-state index contributed by atoms with van der Waals surface area (Å²) in [5, 5.41) is 5.95. The second kappa shape index (κ2) is 7.57. The Kier molecular flexibility index (Phi) is 5.24. The molecule has 0 atom stereocenters. The van der Waals surface area contributed by atoms with Crippen LogP contribution in [-0.4, -0.2) is 12.5 Å². The first kappa shape index (κ1) is 17.3. The Hall–Kier alpha value is -2.53. The lowest BCUT2D eigenvalue weighted by Gasteiger charge is -2.11. The molecule has 2 heterocycles. The van der Waals surface area contributed by atoms with E-state index in [2.05, 4.69) is 5.32 Å². The number of aryl methyl sites for hydroxylation is 1. The molecule has 0 saturated carbocycles. The van der Waals surface area contributed by atoms with Crippen molar-refractivity contribution in [2.24, 2.45) is 0 Å². The van der Waals surface area contributed by atoms with Gasteiger partial charge in [-0.15, -0.1) is 11.3 Å². The van der Waals surface area contributed by atoms with Gasteiger partial charge < -0.3 is 14.5 Å². The molecule has 0 aliphatic heterocycles. The molecule has 0 fully saturated rings. The number of furan rings is 1. The van der Waals surface area contributed by atoms with Gasteiger partial charge in [0.05, 0.1) is 19.4 Å². The molecule has 4 nitrogen and oxygen atoms in total. The summed E-state index contributed by atoms with van der Waals surface area (Å²) in [6.07, 6.45) is 3.35. The number of allylic oxidation sites excluding steroid dienone is 1. The summed E-state index contributed by atoms with van der Waals surface area (Å²) in [5.41, 5.74) is 3.62. The molecule has 1 aromatic carbocycles. The van der Waals surface area contributed by atoms with Crippen LogP contribution in [0.5, 0.6) is 5.75 Å². The summed E-state index contributed by atoms with van der Waals surface area (Å²) < 4.78 is 11.3. The molecule has 0 bridgehead atoms. The van der Waals surface area contributed by atoms with Crippen LogP contribution in [0.3, 0.4) is 0 Å². The Morgan fingerprint density at radius 3 is 2.96 bits per heavy atom. The summed E-state index contributed by atoms with van der Waals surface area (Å²) >= 11 is 1.63. The summed E-state index contributed by atoms with van der Waals surface area (Å²) in [6, 6.07) is 7.90. The van der Waals surface area contributed by atoms with Crippen molar-refractivity contribution in [1.82, 2.24) is 5.32 Å². The first-order chi connectivity index (χ1) is 12.1. The molecule has 2 aromatic heterocycles. The second-order valence-corrected chi connectivity index (χ2v) is 6.85. The molecule has 0 saturated heterocycles. The van der Waals surface area contributed by atoms with Crippen LogP contribution in [-0.2, 0) is 11.3 Å². The normalized spacial score (nSPS) is 11.7. The Balaban J connectivity index is 1.86. The number of carbonyl (C=O) groups excluding carboxylic acids is 1. The van der Waals surface area contributed by atoms with E-state index in [1.54, 1.807) is 23.7 Å². The van der Waals surface area contributed by atoms with Crippen molar-refractivity contribution >= 4 is 33.8 Å². The van der Waals surface area contributed by atoms with E-state index in [9.17, 15) is 4.79 Å². The third-order valence-electron chi connectivity index (χ3n) is 3.96. The molecule has 1 amide bonds. The van der Waals surface area contributed by atoms with Gasteiger partial charge in [-0.2, -0.15) is 0 Å². The standard InChI is InChI=1S/C20H21NO3S/c1-4-23-18-10-19-17(14(3)12-24-19)9-16(18)13(2)8-20(22)21-11-15-6-5-7-25-15/h5-10,12H,4,11H2,1-3H3,(H,21,22)/b13-8+. The van der Waals surface area contributed by atoms with Gasteiger partial charge in [-0.05, 0) is 49.4 Å². The zero-order valence-corrected chi connectivity index (χ0v) is 15.4. The Bertz CT molecular complexity index is 907. The molecule has 0 spiro atoms. The first-order valence-electron chi connectivity index (χ1n) is 8.22. The number of thiophene rings is 1. The van der Waals surface area contributed by atoms with Crippen LogP contribution >= 0.6 is 11.3 Å². The monoisotopic (exact) mass is 355 g/mol. The largest absolute Gasteiger partial charge is 0.493 e. The van der Waals surface area contributed by atoms with Gasteiger partial charge in [-0.25, -0.2) is 0 Å². The summed E-state index contributed by atoms with van der Waals surface area (Å²) in [6.45, 7) is 6.95. The lowest BCUT2D eigenvalue weighted by molar-refractivity contribution is -0.116. The van der Waals surface area contributed by atoms with Crippen LogP contribution in [0, 0.1) is 6.92 Å². The quantitative estimate of drug-likeness (QED) is 0.639. The molecule has 1 N–H and O–H groups in total. The third-order valence-corrected chi connectivity index (χ3v) is 4.83. The predicted molar refractivity (Wildman–Crippen MR) is 102 cm³/mol. The van der Waals surface area contributed by atoms with E-state index < -0.39 is 0 Å². The molecular formula is C20H21NO3S. The van der Waals surface area contributed by atoms with Gasteiger partial charge in [0, 0.05) is 28.0 Å². The van der Waals surface area contributed by atoms with E-state index in [1.165, 1.54) is 0 Å². The number of carbonyl (C=O) groups is 1. The van der Waals surface area contributed by atoms with Crippen LogP contribution in [0.2, 0.25) is 0 Å². The Morgan fingerprint density at radius 2 is 2.24 bits per heavy atom. The van der Waals surface area contributed by atoms with Crippen molar-refractivity contribution in [3.8, 4) is 5.75 Å². The molecule has 0 unspecified atom stereocenters. The minimum atomic E-state index is -0.114. The lowest BCUT2D eigenvalue weighted by atomic mass is 10.0. The topological polar surface area (TPSA) is 51.5 Å². The first-order valence-corrected chi connectivity index (χ1v) is 9.10. The van der Waals surface area contributed by atoms with Crippen molar-refractivity contribution in [1.29, 1.82) is 0 Å². The number of hydrogen-bond donors (Lipinski definition) is 1. The van der Waals surface area contributed by atoms with Gasteiger partial charge in [0.2, 0.25) is 5.91 Å². The van der Waals surface area contributed by atoms with Crippen LogP contribution in [0.1, 0.15) is 29.9 Å². The van der Waals surface area contributed by atoms with Crippen LogP contribution in [0.25, 0.3) is 16.5 Å². The van der Waals surface area contributed by atoms with Gasteiger partial charge in [0.1, 0.15) is 11.3 Å². The van der Waals surface area contributed by atoms with Crippen LogP contribution in [0.4, 0.5) is 0 Å². The highest BCUT2D eigenvalue weighted by Gasteiger charge is 2.12. The number of rotatable bonds is 6. The van der Waals surface area contributed by atoms with E-state index in [1.807, 2.05) is 50.4 Å². The summed E-state index contributed by atoms with van der Waals surface area (Å²) in [5.74, 6) is 0.613. The fraction of sp³-hybridized carbons (Fsp3) is 0.250. The number of nitrogens with one attached hydrogen (secondary N) is 1. The molecule has 3 aromatic rings. The number of benzene rings is 1. The number of fused-ring (bicyclic) bond motifs is 1. The SMILES string of the molecule is CCOc1cc2occ(C)c2cc1/C(C)=C/C(=O)NCc1cccs1. The summed E-state index contributed by atoms with van der Waals surface area (Å²) in [4.78, 5) is 13.4. The fourth-order valence-corrected chi connectivity index (χ4v) is 3.32. The van der Waals surface area contributed by atoms with Gasteiger partial charge in [0.25, 0.3) is 0 Å². The molecule has 5 heteroatoms. The lowest BCUT2D eigenvalue weighted by Crippen LogP contribution is -2.20. The van der Waals surface area contributed by atoms with Gasteiger partial charge in [-0.3, -0.25) is 4.79 Å². The van der Waals surface area contributed by atoms with E-state index in [0.29, 0.717) is 13.2 Å². The number of amides is 1. The van der Waals surface area contributed by atoms with Crippen molar-refractivity contribution in [3.63, 3.8) is 0 Å². The van der Waals surface area contributed by atoms with E-state index in [0.717, 1.165) is 38.3 Å². The highest BCUT2D eigenvalue weighted by Crippen LogP contribution is 2.33. The molecule has 25 heavy (non-hydrogen) atoms. The smallest absolute Gasteiger partial charge is 0.244 e. The fourth-order valence-electron chi connectivity index (χ4n) is 2.68. The van der Waals surface area contributed by atoms with E-state index in [4.69, 9.17) is 9.15 Å². The predicted octanol–water partition coefficient (Wildman–Crippen LogP) is 4.92. The molecule has 130 valence electrons. The van der Waals surface area contributed by atoms with Gasteiger partial charge in [0.15, 0.2) is 0 Å². The third kappa shape index (κ3) is 3.94. The van der Waals surface area contributed by atoms with Crippen molar-refractivity contribution in [2.45, 2.75) is 27.3 Å². The van der Waals surface area contributed by atoms with E-state index >= 15 is 0 Å². The highest BCUT2D eigenvalue weighted by molar-refractivity contribution is 7.09. The second-order valence-electron chi connectivity index (χ2n) is 5.82. The molecular weight excluding hydrogens is 334 g/mol. The van der Waals surface area contributed by atoms with Gasteiger partial charge in [-0.1, -0.05) is 6.07 Å². The van der Waals surface area contributed by atoms with Crippen molar-refractivity contribution < 1.29 is 13.9 Å². The Morgan fingerprint density at radius 1 is 1.40 bits per heavy atom. The minimum absolute atomic E-state index is 0.114. The molecule has 0 aliphatic rings. The molecule has 0 aliphatic carbocycles. The maximum Gasteiger partial charge on any atom is 0.244 e. The maximum absolute atomic E-state index is 12.2. The number of ether oxygens (including phenoxy) is 1. The zero-order chi connectivity index (χ0) is 17.8. The molecule has 0 radical (unpaired) electrons. The zero-order valence-electron chi connectivity index (χ0n) is 14.6. The molecule has 3 rings (SSSR count). The maximum atomic E-state index is 12.2. The van der Waals surface area contributed by atoms with Crippen molar-refractivity contribution in [2.75, 3.05) is 6.61 Å². The Labute approximate surface area is 151 Å². The van der Waals surface area contributed by atoms with Crippen LogP contribution < -0.4 is 10.1 Å². The van der Waals surface area contributed by atoms with Crippen molar-refractivity contribution in [3.05, 3.63) is 58.0 Å². The van der Waals surface area contributed by atoms with Gasteiger partial charge >= 0.3 is 0 Å². The average molecular weight is 355 g/mol. The summed E-state index contributed by atoms with van der Waals surface area (Å²) in [7, 11) is 0. The van der Waals surface area contributed by atoms with E-state index in [-0.39, 0.29) is 5.91 Å². The highest BCUT2D eigenvalue weighted by atomic mass is 32.1. The average Bonchev–Trinajstić information content (AvgIpc) is 3.23.